The third kappa shape index (κ3) is 3.81. The summed E-state index contributed by atoms with van der Waals surface area (Å²) in [6.45, 7) is 3.29. The van der Waals surface area contributed by atoms with Gasteiger partial charge in [-0.05, 0) is 18.6 Å². The molecule has 0 aliphatic rings. The van der Waals surface area contributed by atoms with E-state index in [1.165, 1.54) is 6.07 Å². The first-order valence-electron chi connectivity index (χ1n) is 6.68. The molecule has 2 aromatic rings. The highest BCUT2D eigenvalue weighted by molar-refractivity contribution is 6.31. The zero-order valence-electron chi connectivity index (χ0n) is 12.4. The van der Waals surface area contributed by atoms with Crippen LogP contribution in [0.1, 0.15) is 22.5 Å². The van der Waals surface area contributed by atoms with Crippen LogP contribution >= 0.6 is 11.6 Å². The molecule has 0 aliphatic heterocycles. The first kappa shape index (κ1) is 15.9. The second-order valence-electron chi connectivity index (χ2n) is 4.93. The molecule has 0 fully saturated rings. The average molecular weight is 312 g/mol. The van der Waals surface area contributed by atoms with Crippen molar-refractivity contribution in [2.24, 2.45) is 7.05 Å². The van der Waals surface area contributed by atoms with Gasteiger partial charge in [0.25, 0.3) is 0 Å². The maximum atomic E-state index is 13.8. The largest absolute Gasteiger partial charge is 0.380 e. The Kier molecular flexibility index (Phi) is 5.33. The molecular weight excluding hydrogens is 293 g/mol. The number of hydrogen-bond donors (Lipinski definition) is 1. The van der Waals surface area contributed by atoms with Crippen LogP contribution < -0.4 is 5.32 Å². The van der Waals surface area contributed by atoms with E-state index < -0.39 is 0 Å². The lowest BCUT2D eigenvalue weighted by Gasteiger charge is -2.07. The van der Waals surface area contributed by atoms with E-state index in [0.29, 0.717) is 23.7 Å². The third-order valence-corrected chi connectivity index (χ3v) is 3.86. The van der Waals surface area contributed by atoms with Gasteiger partial charge in [-0.3, -0.25) is 4.68 Å². The van der Waals surface area contributed by atoms with Gasteiger partial charge in [0.1, 0.15) is 5.82 Å². The fraction of sp³-hybridized carbons (Fsp3) is 0.400. The van der Waals surface area contributed by atoms with Gasteiger partial charge in [0.05, 0.1) is 23.0 Å². The molecule has 0 spiro atoms. The lowest BCUT2D eigenvalue weighted by atomic mass is 10.1. The Morgan fingerprint density at radius 1 is 1.38 bits per heavy atom. The summed E-state index contributed by atoms with van der Waals surface area (Å²) in [6, 6.07) is 5.15. The van der Waals surface area contributed by atoms with Crippen LogP contribution in [0.5, 0.6) is 0 Å². The van der Waals surface area contributed by atoms with Crippen LogP contribution in [-0.4, -0.2) is 16.9 Å². The van der Waals surface area contributed by atoms with Crippen LogP contribution in [0, 0.1) is 12.7 Å². The van der Waals surface area contributed by atoms with Gasteiger partial charge in [-0.15, -0.1) is 0 Å². The van der Waals surface area contributed by atoms with Crippen LogP contribution in [0.4, 0.5) is 4.39 Å². The molecule has 0 saturated carbocycles. The SMILES string of the molecule is COCc1ccc(CNCc2nn(C)c(C)c2Cl)cc1F. The van der Waals surface area contributed by atoms with Gasteiger partial charge in [-0.1, -0.05) is 23.7 Å². The summed E-state index contributed by atoms with van der Waals surface area (Å²) in [4.78, 5) is 0. The van der Waals surface area contributed by atoms with E-state index in [4.69, 9.17) is 16.3 Å². The Labute approximate surface area is 128 Å². The van der Waals surface area contributed by atoms with Gasteiger partial charge in [-0.25, -0.2) is 4.39 Å². The minimum Gasteiger partial charge on any atom is -0.380 e. The molecule has 0 atom stereocenters. The number of halogens is 2. The molecule has 0 radical (unpaired) electrons. The second kappa shape index (κ2) is 7.02. The summed E-state index contributed by atoms with van der Waals surface area (Å²) in [7, 11) is 3.40. The van der Waals surface area contributed by atoms with Crippen molar-refractivity contribution < 1.29 is 9.13 Å². The molecule has 1 heterocycles. The van der Waals surface area contributed by atoms with E-state index >= 15 is 0 Å². The Morgan fingerprint density at radius 3 is 2.71 bits per heavy atom. The van der Waals surface area contributed by atoms with Crippen LogP contribution in [0.25, 0.3) is 0 Å². The van der Waals surface area contributed by atoms with Gasteiger partial charge in [0, 0.05) is 32.8 Å². The number of nitrogens with one attached hydrogen (secondary N) is 1. The van der Waals surface area contributed by atoms with Gasteiger partial charge in [0.2, 0.25) is 0 Å². The Bertz CT molecular complexity index is 628. The van der Waals surface area contributed by atoms with E-state index in [0.717, 1.165) is 17.0 Å². The molecule has 0 bridgehead atoms. The van der Waals surface area contributed by atoms with Crippen molar-refractivity contribution >= 4 is 11.6 Å². The van der Waals surface area contributed by atoms with Gasteiger partial charge in [-0.2, -0.15) is 5.10 Å². The Hall–Kier alpha value is -1.43. The fourth-order valence-corrected chi connectivity index (χ4v) is 2.29. The Morgan fingerprint density at radius 2 is 2.14 bits per heavy atom. The number of aromatic nitrogens is 2. The van der Waals surface area contributed by atoms with E-state index in [1.54, 1.807) is 17.9 Å². The predicted molar refractivity (Wildman–Crippen MR) is 80.6 cm³/mol. The summed E-state index contributed by atoms with van der Waals surface area (Å²) in [5.41, 5.74) is 3.16. The predicted octanol–water partition coefficient (Wildman–Crippen LogP) is 2.96. The molecular formula is C15H19ClFN3O. The maximum absolute atomic E-state index is 13.8. The second-order valence-corrected chi connectivity index (χ2v) is 5.31. The molecule has 0 saturated heterocycles. The van der Waals surface area contributed by atoms with E-state index in [2.05, 4.69) is 10.4 Å². The van der Waals surface area contributed by atoms with Gasteiger partial charge >= 0.3 is 0 Å². The zero-order valence-corrected chi connectivity index (χ0v) is 13.2. The van der Waals surface area contributed by atoms with E-state index in [9.17, 15) is 4.39 Å². The lowest BCUT2D eigenvalue weighted by Crippen LogP contribution is -2.14. The van der Waals surface area contributed by atoms with Gasteiger partial charge in [0.15, 0.2) is 0 Å². The number of ether oxygens (including phenoxy) is 1. The van der Waals surface area contributed by atoms with Crippen molar-refractivity contribution in [2.45, 2.75) is 26.6 Å². The summed E-state index contributed by atoms with van der Waals surface area (Å²) < 4.78 is 20.4. The molecule has 2 rings (SSSR count). The maximum Gasteiger partial charge on any atom is 0.129 e. The third-order valence-electron chi connectivity index (χ3n) is 3.37. The molecule has 0 unspecified atom stereocenters. The number of hydrogen-bond acceptors (Lipinski definition) is 3. The number of rotatable bonds is 6. The van der Waals surface area contributed by atoms with Crippen LogP contribution in [-0.2, 0) is 31.5 Å². The molecule has 1 aromatic heterocycles. The molecule has 21 heavy (non-hydrogen) atoms. The highest BCUT2D eigenvalue weighted by atomic mass is 35.5. The molecule has 1 N–H and O–H groups in total. The normalized spacial score (nSPS) is 11.1. The molecule has 0 aliphatic carbocycles. The van der Waals surface area contributed by atoms with Crippen molar-refractivity contribution in [1.29, 1.82) is 0 Å². The molecule has 0 amide bonds. The highest BCUT2D eigenvalue weighted by Gasteiger charge is 2.10. The standard InChI is InChI=1S/C15H19ClFN3O/c1-10-15(16)14(19-20(10)2)8-18-7-11-4-5-12(9-21-3)13(17)6-11/h4-6,18H,7-9H2,1-3H3. The number of nitrogens with zero attached hydrogens (tertiary/aromatic N) is 2. The van der Waals surface area contributed by atoms with Crippen LogP contribution in [0.3, 0.4) is 0 Å². The van der Waals surface area contributed by atoms with Gasteiger partial charge < -0.3 is 10.1 Å². The van der Waals surface area contributed by atoms with Crippen molar-refractivity contribution in [3.63, 3.8) is 0 Å². The number of methoxy groups -OCH3 is 1. The fourth-order valence-electron chi connectivity index (χ4n) is 2.06. The number of benzene rings is 1. The van der Waals surface area contributed by atoms with Crippen molar-refractivity contribution in [3.8, 4) is 0 Å². The smallest absolute Gasteiger partial charge is 0.129 e. The average Bonchev–Trinajstić information content (AvgIpc) is 2.69. The summed E-state index contributed by atoms with van der Waals surface area (Å²) >= 11 is 6.18. The first-order valence-corrected chi connectivity index (χ1v) is 7.05. The first-order chi connectivity index (χ1) is 10.0. The summed E-state index contributed by atoms with van der Waals surface area (Å²) in [6.07, 6.45) is 0. The minimum atomic E-state index is -0.247. The van der Waals surface area contributed by atoms with Crippen molar-refractivity contribution in [2.75, 3.05) is 7.11 Å². The topological polar surface area (TPSA) is 39.1 Å². The summed E-state index contributed by atoms with van der Waals surface area (Å²) in [5, 5.41) is 8.22. The molecule has 1 aromatic carbocycles. The number of aryl methyl sites for hydroxylation is 1. The van der Waals surface area contributed by atoms with Crippen molar-refractivity contribution in [1.82, 2.24) is 15.1 Å². The molecule has 6 heteroatoms. The van der Waals surface area contributed by atoms with Crippen LogP contribution in [0.15, 0.2) is 18.2 Å². The summed E-state index contributed by atoms with van der Waals surface area (Å²) in [5.74, 6) is -0.247. The minimum absolute atomic E-state index is 0.247. The van der Waals surface area contributed by atoms with E-state index in [-0.39, 0.29) is 12.4 Å². The van der Waals surface area contributed by atoms with Crippen molar-refractivity contribution in [3.05, 3.63) is 51.6 Å². The zero-order chi connectivity index (χ0) is 15.4. The quantitative estimate of drug-likeness (QED) is 0.891. The monoisotopic (exact) mass is 311 g/mol. The molecule has 114 valence electrons. The van der Waals surface area contributed by atoms with Crippen LogP contribution in [0.2, 0.25) is 5.02 Å². The lowest BCUT2D eigenvalue weighted by molar-refractivity contribution is 0.181. The Balaban J connectivity index is 1.94. The highest BCUT2D eigenvalue weighted by Crippen LogP contribution is 2.19. The van der Waals surface area contributed by atoms with E-state index in [1.807, 2.05) is 20.0 Å². The molecule has 4 nitrogen and oxygen atoms in total.